The molecule has 0 saturated heterocycles. The fourth-order valence-corrected chi connectivity index (χ4v) is 2.36. The minimum absolute atomic E-state index is 0.0566. The van der Waals surface area contributed by atoms with Crippen molar-refractivity contribution in [1.29, 1.82) is 0 Å². The van der Waals surface area contributed by atoms with Crippen molar-refractivity contribution in [3.8, 4) is 5.75 Å². The predicted molar refractivity (Wildman–Crippen MR) is 78.9 cm³/mol. The van der Waals surface area contributed by atoms with Crippen molar-refractivity contribution in [2.75, 3.05) is 11.1 Å². The molecule has 1 amide bonds. The summed E-state index contributed by atoms with van der Waals surface area (Å²) in [5, 5.41) is 11.6. The average Bonchev–Trinajstić information content (AvgIpc) is 2.46. The number of thioether (sulfide) groups is 1. The van der Waals surface area contributed by atoms with Crippen LogP contribution < -0.4 is 5.32 Å². The second kappa shape index (κ2) is 6.74. The number of nitrogens with one attached hydrogen (secondary N) is 1. The van der Waals surface area contributed by atoms with E-state index in [1.54, 1.807) is 12.1 Å². The number of alkyl halides is 3. The topological polar surface area (TPSA) is 49.3 Å². The van der Waals surface area contributed by atoms with Crippen LogP contribution in [0.5, 0.6) is 5.75 Å². The number of phenols is 1. The number of carbonyl (C=O) groups is 1. The first-order valence-electron chi connectivity index (χ1n) is 6.23. The van der Waals surface area contributed by atoms with Gasteiger partial charge in [-0.3, -0.25) is 4.79 Å². The summed E-state index contributed by atoms with van der Waals surface area (Å²) in [7, 11) is 0. The lowest BCUT2D eigenvalue weighted by molar-refractivity contribution is -0.137. The van der Waals surface area contributed by atoms with Crippen molar-refractivity contribution in [2.45, 2.75) is 11.1 Å². The van der Waals surface area contributed by atoms with Gasteiger partial charge < -0.3 is 10.4 Å². The highest BCUT2D eigenvalue weighted by Gasteiger charge is 2.30. The minimum atomic E-state index is -4.44. The molecule has 116 valence electrons. The van der Waals surface area contributed by atoms with Gasteiger partial charge in [-0.25, -0.2) is 0 Å². The van der Waals surface area contributed by atoms with Gasteiger partial charge in [0.25, 0.3) is 0 Å². The molecule has 0 aliphatic rings. The summed E-state index contributed by atoms with van der Waals surface area (Å²) < 4.78 is 37.7. The Hall–Kier alpha value is -2.15. The molecular weight excluding hydrogens is 315 g/mol. The van der Waals surface area contributed by atoms with Crippen molar-refractivity contribution in [3.63, 3.8) is 0 Å². The van der Waals surface area contributed by atoms with Crippen LogP contribution in [0.4, 0.5) is 18.9 Å². The standard InChI is InChI=1S/C15H12F3NO2S/c16-15(17,18)10-2-1-3-11(8-10)19-14(21)9-22-13-6-4-12(20)5-7-13/h1-8,20H,9H2,(H,19,21). The summed E-state index contributed by atoms with van der Waals surface area (Å²) in [5.41, 5.74) is -0.706. The molecule has 0 bridgehead atoms. The molecule has 0 aliphatic heterocycles. The molecule has 0 saturated carbocycles. The number of amides is 1. The molecule has 0 radical (unpaired) electrons. The van der Waals surface area contributed by atoms with Gasteiger partial charge >= 0.3 is 6.18 Å². The normalized spacial score (nSPS) is 11.2. The van der Waals surface area contributed by atoms with E-state index in [2.05, 4.69) is 5.32 Å². The molecule has 0 aliphatic carbocycles. The number of carbonyl (C=O) groups excluding carboxylic acids is 1. The van der Waals surface area contributed by atoms with E-state index in [0.29, 0.717) is 0 Å². The average molecular weight is 327 g/mol. The lowest BCUT2D eigenvalue weighted by Crippen LogP contribution is -2.15. The Morgan fingerprint density at radius 2 is 1.82 bits per heavy atom. The van der Waals surface area contributed by atoms with Crippen molar-refractivity contribution in [3.05, 3.63) is 54.1 Å². The third-order valence-corrected chi connectivity index (χ3v) is 3.69. The number of anilines is 1. The van der Waals surface area contributed by atoms with Crippen LogP contribution >= 0.6 is 11.8 Å². The highest BCUT2D eigenvalue weighted by Crippen LogP contribution is 2.30. The Morgan fingerprint density at radius 3 is 2.45 bits per heavy atom. The lowest BCUT2D eigenvalue weighted by Gasteiger charge is -2.09. The Labute approximate surface area is 129 Å². The first-order valence-corrected chi connectivity index (χ1v) is 7.22. The number of hydrogen-bond donors (Lipinski definition) is 2. The second-order valence-electron chi connectivity index (χ2n) is 4.41. The highest BCUT2D eigenvalue weighted by molar-refractivity contribution is 8.00. The van der Waals surface area contributed by atoms with Crippen molar-refractivity contribution in [2.24, 2.45) is 0 Å². The largest absolute Gasteiger partial charge is 0.508 e. The van der Waals surface area contributed by atoms with E-state index in [9.17, 15) is 18.0 Å². The van der Waals surface area contributed by atoms with Gasteiger partial charge in [0, 0.05) is 10.6 Å². The van der Waals surface area contributed by atoms with E-state index in [-0.39, 0.29) is 17.2 Å². The first-order chi connectivity index (χ1) is 10.3. The predicted octanol–water partition coefficient (Wildman–Crippen LogP) is 4.14. The second-order valence-corrected chi connectivity index (χ2v) is 5.46. The van der Waals surface area contributed by atoms with Gasteiger partial charge in [-0.1, -0.05) is 6.07 Å². The fourth-order valence-electron chi connectivity index (χ4n) is 1.66. The molecule has 0 unspecified atom stereocenters. The number of aromatic hydroxyl groups is 1. The zero-order chi connectivity index (χ0) is 16.2. The zero-order valence-electron chi connectivity index (χ0n) is 11.2. The smallest absolute Gasteiger partial charge is 0.416 e. The SMILES string of the molecule is O=C(CSc1ccc(O)cc1)Nc1cccc(C(F)(F)F)c1. The van der Waals surface area contributed by atoms with E-state index in [4.69, 9.17) is 5.11 Å². The van der Waals surface area contributed by atoms with Gasteiger partial charge in [0.1, 0.15) is 5.75 Å². The number of rotatable bonds is 4. The number of halogens is 3. The number of hydrogen-bond acceptors (Lipinski definition) is 3. The van der Waals surface area contributed by atoms with Crippen LogP contribution in [0.3, 0.4) is 0 Å². The molecule has 7 heteroatoms. The molecule has 0 atom stereocenters. The fraction of sp³-hybridized carbons (Fsp3) is 0.133. The van der Waals surface area contributed by atoms with Gasteiger partial charge in [0.05, 0.1) is 11.3 Å². The first kappa shape index (κ1) is 16.2. The molecule has 2 aromatic rings. The molecule has 0 aromatic heterocycles. The Morgan fingerprint density at radius 1 is 1.14 bits per heavy atom. The van der Waals surface area contributed by atoms with E-state index < -0.39 is 17.6 Å². The Balaban J connectivity index is 1.93. The summed E-state index contributed by atoms with van der Waals surface area (Å²) in [6.07, 6.45) is -4.44. The van der Waals surface area contributed by atoms with Crippen LogP contribution in [0.2, 0.25) is 0 Å². The van der Waals surface area contributed by atoms with Crippen LogP contribution in [0.25, 0.3) is 0 Å². The molecule has 2 rings (SSSR count). The third kappa shape index (κ3) is 4.70. The molecule has 2 aromatic carbocycles. The lowest BCUT2D eigenvalue weighted by atomic mass is 10.2. The van der Waals surface area contributed by atoms with Gasteiger partial charge in [-0.05, 0) is 42.5 Å². The van der Waals surface area contributed by atoms with Crippen molar-refractivity contribution in [1.82, 2.24) is 0 Å². The van der Waals surface area contributed by atoms with Crippen LogP contribution in [0.1, 0.15) is 5.56 Å². The number of benzene rings is 2. The van der Waals surface area contributed by atoms with Crippen molar-refractivity contribution >= 4 is 23.4 Å². The summed E-state index contributed by atoms with van der Waals surface area (Å²) in [5.74, 6) is -0.226. The molecule has 2 N–H and O–H groups in total. The van der Waals surface area contributed by atoms with Crippen LogP contribution in [-0.2, 0) is 11.0 Å². The summed E-state index contributed by atoms with van der Waals surface area (Å²) in [6, 6.07) is 10.8. The summed E-state index contributed by atoms with van der Waals surface area (Å²) >= 11 is 1.22. The zero-order valence-corrected chi connectivity index (χ0v) is 12.0. The summed E-state index contributed by atoms with van der Waals surface area (Å²) in [6.45, 7) is 0. The molecule has 0 fully saturated rings. The van der Waals surface area contributed by atoms with Gasteiger partial charge in [0.2, 0.25) is 5.91 Å². The molecule has 22 heavy (non-hydrogen) atoms. The van der Waals surface area contributed by atoms with E-state index in [1.165, 1.54) is 36.0 Å². The van der Waals surface area contributed by atoms with Gasteiger partial charge in [0.15, 0.2) is 0 Å². The minimum Gasteiger partial charge on any atom is -0.508 e. The van der Waals surface area contributed by atoms with Crippen molar-refractivity contribution < 1.29 is 23.1 Å². The van der Waals surface area contributed by atoms with Crippen LogP contribution in [-0.4, -0.2) is 16.8 Å². The summed E-state index contributed by atoms with van der Waals surface area (Å²) in [4.78, 5) is 12.5. The Kier molecular flexibility index (Phi) is 4.97. The molecular formula is C15H12F3NO2S. The van der Waals surface area contributed by atoms with Crippen LogP contribution in [0.15, 0.2) is 53.4 Å². The van der Waals surface area contributed by atoms with E-state index >= 15 is 0 Å². The third-order valence-electron chi connectivity index (χ3n) is 2.68. The van der Waals surface area contributed by atoms with E-state index in [1.807, 2.05) is 0 Å². The maximum atomic E-state index is 12.6. The van der Waals surface area contributed by atoms with Gasteiger partial charge in [-0.15, -0.1) is 11.8 Å². The quantitative estimate of drug-likeness (QED) is 0.830. The monoisotopic (exact) mass is 327 g/mol. The Bertz CT molecular complexity index is 657. The van der Waals surface area contributed by atoms with E-state index in [0.717, 1.165) is 17.0 Å². The maximum absolute atomic E-state index is 12.6. The maximum Gasteiger partial charge on any atom is 0.416 e. The van der Waals surface area contributed by atoms with Crippen LogP contribution in [0, 0.1) is 0 Å². The molecule has 3 nitrogen and oxygen atoms in total. The number of phenolic OH excluding ortho intramolecular Hbond substituents is 1. The molecule has 0 heterocycles. The highest BCUT2D eigenvalue weighted by atomic mass is 32.2. The van der Waals surface area contributed by atoms with Gasteiger partial charge in [-0.2, -0.15) is 13.2 Å². The molecule has 0 spiro atoms.